The number of fused-ring (bicyclic) bond motifs is 1. The van der Waals surface area contributed by atoms with E-state index in [-0.39, 0.29) is 5.76 Å². The summed E-state index contributed by atoms with van der Waals surface area (Å²) in [6.45, 7) is 7.61. The van der Waals surface area contributed by atoms with E-state index in [1.165, 1.54) is 11.1 Å². The Kier molecular flexibility index (Phi) is 2.83. The molecule has 0 unspecified atom stereocenters. The van der Waals surface area contributed by atoms with Gasteiger partial charge in [-0.1, -0.05) is 23.8 Å². The molecule has 3 aromatic rings. The van der Waals surface area contributed by atoms with E-state index in [0.717, 1.165) is 11.1 Å². The van der Waals surface area contributed by atoms with Crippen LogP contribution in [0, 0.1) is 13.8 Å². The van der Waals surface area contributed by atoms with E-state index < -0.39 is 0 Å². The smallest absolute Gasteiger partial charge is 0.227 e. The van der Waals surface area contributed by atoms with Crippen molar-refractivity contribution in [3.63, 3.8) is 0 Å². The minimum atomic E-state index is 0.0243. The molecule has 0 aliphatic rings. The standard InChI is InChI=1S/C17H15NO2/c1-10-6-11(2)8-14(7-10)17-18-15-5-4-13(12(3)19)9-16(15)20-17/h4-9,19H,3H2,1-2H3. The second-order valence-corrected chi connectivity index (χ2v) is 5.02. The topological polar surface area (TPSA) is 46.3 Å². The molecule has 3 rings (SSSR count). The summed E-state index contributed by atoms with van der Waals surface area (Å²) >= 11 is 0. The average Bonchev–Trinajstić information content (AvgIpc) is 2.80. The molecule has 1 aromatic heterocycles. The Bertz CT molecular complexity index is 795. The predicted octanol–water partition coefficient (Wildman–Crippen LogP) is 4.64. The molecule has 3 nitrogen and oxygen atoms in total. The number of aromatic nitrogens is 1. The van der Waals surface area contributed by atoms with Crippen molar-refractivity contribution in [1.29, 1.82) is 0 Å². The number of hydrogen-bond acceptors (Lipinski definition) is 3. The maximum Gasteiger partial charge on any atom is 0.227 e. The Morgan fingerprint density at radius 3 is 2.45 bits per heavy atom. The number of nitrogens with zero attached hydrogens (tertiary/aromatic N) is 1. The van der Waals surface area contributed by atoms with Crippen LogP contribution in [-0.2, 0) is 0 Å². The lowest BCUT2D eigenvalue weighted by atomic mass is 10.1. The number of hydrogen-bond donors (Lipinski definition) is 1. The summed E-state index contributed by atoms with van der Waals surface area (Å²) in [6.07, 6.45) is 0. The molecule has 20 heavy (non-hydrogen) atoms. The highest BCUT2D eigenvalue weighted by molar-refractivity contribution is 5.79. The van der Waals surface area contributed by atoms with Gasteiger partial charge in [-0.3, -0.25) is 0 Å². The van der Waals surface area contributed by atoms with Crippen LogP contribution in [0.3, 0.4) is 0 Å². The van der Waals surface area contributed by atoms with E-state index in [4.69, 9.17) is 4.42 Å². The largest absolute Gasteiger partial charge is 0.508 e. The molecule has 0 saturated heterocycles. The molecule has 0 amide bonds. The first-order valence-electron chi connectivity index (χ1n) is 6.40. The molecule has 1 heterocycles. The van der Waals surface area contributed by atoms with Gasteiger partial charge in [-0.05, 0) is 44.2 Å². The summed E-state index contributed by atoms with van der Waals surface area (Å²) in [6, 6.07) is 11.5. The summed E-state index contributed by atoms with van der Waals surface area (Å²) in [5.74, 6) is 0.615. The second kappa shape index (κ2) is 4.53. The third kappa shape index (κ3) is 2.18. The van der Waals surface area contributed by atoms with Crippen molar-refractivity contribution < 1.29 is 9.52 Å². The van der Waals surface area contributed by atoms with Crippen molar-refractivity contribution in [3.8, 4) is 11.5 Å². The molecule has 0 radical (unpaired) electrons. The molecule has 2 aromatic carbocycles. The van der Waals surface area contributed by atoms with Crippen LogP contribution in [0.4, 0.5) is 0 Å². The number of aryl methyl sites for hydroxylation is 2. The molecule has 0 bridgehead atoms. The maximum atomic E-state index is 9.42. The van der Waals surface area contributed by atoms with Gasteiger partial charge in [0.15, 0.2) is 5.58 Å². The molecule has 0 spiro atoms. The third-order valence-electron chi connectivity index (χ3n) is 3.19. The fraction of sp³-hybridized carbons (Fsp3) is 0.118. The van der Waals surface area contributed by atoms with Gasteiger partial charge in [0.1, 0.15) is 11.3 Å². The molecule has 0 fully saturated rings. The van der Waals surface area contributed by atoms with Crippen molar-refractivity contribution in [2.45, 2.75) is 13.8 Å². The average molecular weight is 265 g/mol. The summed E-state index contributed by atoms with van der Waals surface area (Å²) in [5, 5.41) is 9.42. The van der Waals surface area contributed by atoms with Crippen molar-refractivity contribution >= 4 is 16.9 Å². The Morgan fingerprint density at radius 1 is 1.10 bits per heavy atom. The first-order chi connectivity index (χ1) is 9.52. The highest BCUT2D eigenvalue weighted by Crippen LogP contribution is 2.27. The Labute approximate surface area is 117 Å². The van der Waals surface area contributed by atoms with Gasteiger partial charge in [-0.15, -0.1) is 0 Å². The van der Waals surface area contributed by atoms with Gasteiger partial charge in [0.05, 0.1) is 0 Å². The van der Waals surface area contributed by atoms with Gasteiger partial charge in [0, 0.05) is 11.1 Å². The maximum absolute atomic E-state index is 9.42. The van der Waals surface area contributed by atoms with E-state index in [9.17, 15) is 5.11 Å². The normalized spacial score (nSPS) is 10.9. The highest BCUT2D eigenvalue weighted by atomic mass is 16.3. The minimum Gasteiger partial charge on any atom is -0.508 e. The molecular weight excluding hydrogens is 250 g/mol. The van der Waals surface area contributed by atoms with Crippen LogP contribution < -0.4 is 0 Å². The summed E-state index contributed by atoms with van der Waals surface area (Å²) in [7, 11) is 0. The van der Waals surface area contributed by atoms with Crippen LogP contribution >= 0.6 is 0 Å². The van der Waals surface area contributed by atoms with E-state index in [2.05, 4.69) is 17.6 Å². The molecule has 100 valence electrons. The number of rotatable bonds is 2. The van der Waals surface area contributed by atoms with Crippen LogP contribution in [0.25, 0.3) is 28.3 Å². The van der Waals surface area contributed by atoms with Gasteiger partial charge in [-0.2, -0.15) is 0 Å². The van der Waals surface area contributed by atoms with Gasteiger partial charge in [0.2, 0.25) is 5.89 Å². The quantitative estimate of drug-likeness (QED) is 0.686. The fourth-order valence-electron chi connectivity index (χ4n) is 2.33. The summed E-state index contributed by atoms with van der Waals surface area (Å²) in [5.41, 5.74) is 5.36. The van der Waals surface area contributed by atoms with Crippen LogP contribution in [0.2, 0.25) is 0 Å². The van der Waals surface area contributed by atoms with E-state index in [1.54, 1.807) is 12.1 Å². The molecule has 0 aliphatic heterocycles. The molecular formula is C17H15NO2. The van der Waals surface area contributed by atoms with Gasteiger partial charge < -0.3 is 9.52 Å². The van der Waals surface area contributed by atoms with Crippen LogP contribution in [0.5, 0.6) is 0 Å². The Balaban J connectivity index is 2.15. The lowest BCUT2D eigenvalue weighted by Crippen LogP contribution is -1.82. The highest BCUT2D eigenvalue weighted by Gasteiger charge is 2.10. The SMILES string of the molecule is C=C(O)c1ccc2nc(-c3cc(C)cc(C)c3)oc2c1. The third-order valence-corrected chi connectivity index (χ3v) is 3.19. The lowest BCUT2D eigenvalue weighted by Gasteiger charge is -2.00. The molecule has 0 aliphatic carbocycles. The number of benzene rings is 2. The summed E-state index contributed by atoms with van der Waals surface area (Å²) in [4.78, 5) is 4.49. The number of oxazole rings is 1. The van der Waals surface area contributed by atoms with Gasteiger partial charge >= 0.3 is 0 Å². The van der Waals surface area contributed by atoms with Crippen LogP contribution in [0.1, 0.15) is 16.7 Å². The molecule has 0 atom stereocenters. The minimum absolute atomic E-state index is 0.0243. The second-order valence-electron chi connectivity index (χ2n) is 5.02. The van der Waals surface area contributed by atoms with E-state index >= 15 is 0 Å². The zero-order valence-electron chi connectivity index (χ0n) is 11.5. The molecule has 3 heteroatoms. The monoisotopic (exact) mass is 265 g/mol. The van der Waals surface area contributed by atoms with Gasteiger partial charge in [0.25, 0.3) is 0 Å². The number of aliphatic hydroxyl groups excluding tert-OH is 1. The first kappa shape index (κ1) is 12.5. The predicted molar refractivity (Wildman–Crippen MR) is 80.6 cm³/mol. The lowest BCUT2D eigenvalue weighted by molar-refractivity contribution is 0.513. The van der Waals surface area contributed by atoms with Crippen molar-refractivity contribution in [1.82, 2.24) is 4.98 Å². The zero-order chi connectivity index (χ0) is 14.3. The van der Waals surface area contributed by atoms with Gasteiger partial charge in [-0.25, -0.2) is 4.98 Å². The molecule has 1 N–H and O–H groups in total. The number of aliphatic hydroxyl groups is 1. The first-order valence-corrected chi connectivity index (χ1v) is 6.40. The zero-order valence-corrected chi connectivity index (χ0v) is 11.5. The Hall–Kier alpha value is -2.55. The van der Waals surface area contributed by atoms with Crippen molar-refractivity contribution in [3.05, 3.63) is 59.7 Å². The van der Waals surface area contributed by atoms with Crippen LogP contribution in [0.15, 0.2) is 47.4 Å². The Morgan fingerprint density at radius 2 is 1.80 bits per heavy atom. The fourth-order valence-corrected chi connectivity index (χ4v) is 2.33. The van der Waals surface area contributed by atoms with Crippen molar-refractivity contribution in [2.75, 3.05) is 0 Å². The van der Waals surface area contributed by atoms with Crippen molar-refractivity contribution in [2.24, 2.45) is 0 Å². The van der Waals surface area contributed by atoms with E-state index in [1.807, 2.05) is 32.0 Å². The summed E-state index contributed by atoms with van der Waals surface area (Å²) < 4.78 is 5.79. The van der Waals surface area contributed by atoms with Crippen LogP contribution in [-0.4, -0.2) is 10.1 Å². The van der Waals surface area contributed by atoms with E-state index in [0.29, 0.717) is 17.0 Å². The molecule has 0 saturated carbocycles.